The predicted octanol–water partition coefficient (Wildman–Crippen LogP) is 8.43. The Morgan fingerprint density at radius 1 is 0.735 bits per heavy atom. The maximum absolute atomic E-state index is 10.1. The molecule has 0 saturated heterocycles. The molecule has 0 aromatic rings. The summed E-state index contributed by atoms with van der Waals surface area (Å²) in [5.74, 6) is 7.35. The summed E-state index contributed by atoms with van der Waals surface area (Å²) < 4.78 is 0. The van der Waals surface area contributed by atoms with E-state index in [1.807, 2.05) is 13.8 Å². The molecule has 5 nitrogen and oxygen atoms in total. The Balaban J connectivity index is -0.000000109. The molecule has 0 rings (SSSR count). The SMILES string of the molecule is C.CCC(CC)CBr.CCC(CC)CC(=O)O.CCC(CC)CCNN.CCC(CC)CCO. The van der Waals surface area contributed by atoms with E-state index in [-0.39, 0.29) is 7.43 Å². The van der Waals surface area contributed by atoms with Crippen molar-refractivity contribution in [1.82, 2.24) is 5.43 Å². The number of aliphatic hydroxyl groups is 1. The van der Waals surface area contributed by atoms with Gasteiger partial charge in [-0.25, -0.2) is 0 Å². The summed E-state index contributed by atoms with van der Waals surface area (Å²) in [7, 11) is 0. The van der Waals surface area contributed by atoms with Crippen LogP contribution in [0.5, 0.6) is 0 Å². The van der Waals surface area contributed by atoms with Crippen molar-refractivity contribution in [2.24, 2.45) is 29.5 Å². The fourth-order valence-corrected chi connectivity index (χ4v) is 4.11. The van der Waals surface area contributed by atoms with Gasteiger partial charge in [0.1, 0.15) is 0 Å². The molecule has 6 heteroatoms. The maximum Gasteiger partial charge on any atom is 0.303 e. The van der Waals surface area contributed by atoms with E-state index in [2.05, 4.69) is 62.9 Å². The molecule has 0 aliphatic carbocycles. The number of aliphatic hydroxyl groups excluding tert-OH is 1. The lowest BCUT2D eigenvalue weighted by Crippen LogP contribution is -2.24. The zero-order valence-electron chi connectivity index (χ0n) is 23.5. The largest absolute Gasteiger partial charge is 0.481 e. The molecule has 0 aliphatic heterocycles. The van der Waals surface area contributed by atoms with Gasteiger partial charge in [-0.3, -0.25) is 16.1 Å². The van der Waals surface area contributed by atoms with Gasteiger partial charge in [0.15, 0.2) is 0 Å². The topological polar surface area (TPSA) is 95.6 Å². The van der Waals surface area contributed by atoms with Gasteiger partial charge in [-0.2, -0.15) is 0 Å². The Labute approximate surface area is 223 Å². The molecule has 0 unspecified atom stereocenters. The lowest BCUT2D eigenvalue weighted by molar-refractivity contribution is -0.138. The molecule has 0 heterocycles. The van der Waals surface area contributed by atoms with Crippen LogP contribution in [-0.2, 0) is 4.79 Å². The van der Waals surface area contributed by atoms with Gasteiger partial charge in [0.05, 0.1) is 0 Å². The Morgan fingerprint density at radius 2 is 1.09 bits per heavy atom. The van der Waals surface area contributed by atoms with Crippen LogP contribution < -0.4 is 11.3 Å². The monoisotopic (exact) mass is 556 g/mol. The first-order valence-corrected chi connectivity index (χ1v) is 14.7. The minimum Gasteiger partial charge on any atom is -0.481 e. The molecular weight excluding hydrogens is 492 g/mol. The molecule has 0 fully saturated rings. The summed E-state index contributed by atoms with van der Waals surface area (Å²) in [6.45, 7) is 18.6. The highest BCUT2D eigenvalue weighted by molar-refractivity contribution is 9.09. The standard InChI is InChI=1S/C7H18N2.C7H14O2.C7H16O.C6H13Br.CH4/c1-3-7(4-2)5-6-9-8;1-3-6(4-2)5-7(8)9;1-3-7(4-2)5-6-8;1-3-6(4-2)5-7;/h7,9H,3-6,8H2,1-2H3;6H,3-5H2,1-2H3,(H,8,9);7-8H,3-6H2,1-2H3;6H,3-5H2,1-2H3;1H4. The molecule has 0 aromatic carbocycles. The van der Waals surface area contributed by atoms with E-state index in [1.54, 1.807) is 0 Å². The summed E-state index contributed by atoms with van der Waals surface area (Å²) in [5.41, 5.74) is 2.67. The van der Waals surface area contributed by atoms with Crippen LogP contribution in [0.1, 0.15) is 133 Å². The van der Waals surface area contributed by atoms with Gasteiger partial charge >= 0.3 is 5.97 Å². The molecule has 5 N–H and O–H groups in total. The molecule has 34 heavy (non-hydrogen) atoms. The van der Waals surface area contributed by atoms with Gasteiger partial charge < -0.3 is 10.2 Å². The molecular formula is C28H65BrN2O3. The molecule has 212 valence electrons. The smallest absolute Gasteiger partial charge is 0.303 e. The second kappa shape index (κ2) is 37.4. The van der Waals surface area contributed by atoms with Gasteiger partial charge in [0.25, 0.3) is 0 Å². The van der Waals surface area contributed by atoms with Crippen molar-refractivity contribution in [2.75, 3.05) is 18.5 Å². The van der Waals surface area contributed by atoms with Crippen molar-refractivity contribution in [3.8, 4) is 0 Å². The number of hydrazine groups is 1. The Morgan fingerprint density at radius 3 is 1.24 bits per heavy atom. The summed E-state index contributed by atoms with van der Waals surface area (Å²) in [5, 5.41) is 18.0. The Hall–Kier alpha value is -0.170. The van der Waals surface area contributed by atoms with Crippen molar-refractivity contribution in [2.45, 2.75) is 133 Å². The first kappa shape index (κ1) is 43.9. The first-order valence-electron chi connectivity index (χ1n) is 13.6. The number of alkyl halides is 1. The predicted molar refractivity (Wildman–Crippen MR) is 158 cm³/mol. The van der Waals surface area contributed by atoms with Crippen molar-refractivity contribution < 1.29 is 15.0 Å². The summed E-state index contributed by atoms with van der Waals surface area (Å²) in [4.78, 5) is 10.1. The summed E-state index contributed by atoms with van der Waals surface area (Å²) in [6, 6.07) is 0. The molecule has 0 aliphatic rings. The normalized spacial score (nSPS) is 10.1. The minimum atomic E-state index is -0.677. The van der Waals surface area contributed by atoms with Crippen LogP contribution in [0.15, 0.2) is 0 Å². The van der Waals surface area contributed by atoms with Crippen LogP contribution in [0.2, 0.25) is 0 Å². The Kier molecular flexibility index (Phi) is 48.2. The average Bonchev–Trinajstić information content (AvgIpc) is 2.84. The number of aliphatic carboxylic acids is 1. The third-order valence-corrected chi connectivity index (χ3v) is 7.45. The zero-order chi connectivity index (χ0) is 26.5. The molecule has 0 spiro atoms. The van der Waals surface area contributed by atoms with Gasteiger partial charge in [-0.05, 0) is 36.5 Å². The average molecular weight is 558 g/mol. The first-order chi connectivity index (χ1) is 15.7. The second-order valence-electron chi connectivity index (χ2n) is 8.74. The highest BCUT2D eigenvalue weighted by Gasteiger charge is 2.07. The van der Waals surface area contributed by atoms with E-state index in [4.69, 9.17) is 16.1 Å². The molecule has 0 amide bonds. The maximum atomic E-state index is 10.1. The van der Waals surface area contributed by atoms with E-state index < -0.39 is 5.97 Å². The van der Waals surface area contributed by atoms with Crippen LogP contribution >= 0.6 is 15.9 Å². The van der Waals surface area contributed by atoms with Gasteiger partial charge in [-0.15, -0.1) is 0 Å². The highest BCUT2D eigenvalue weighted by Crippen LogP contribution is 2.12. The Bertz CT molecular complexity index is 339. The van der Waals surface area contributed by atoms with E-state index in [9.17, 15) is 4.79 Å². The zero-order valence-corrected chi connectivity index (χ0v) is 25.1. The lowest BCUT2D eigenvalue weighted by atomic mass is 10.00. The number of hydrogen-bond donors (Lipinski definition) is 4. The molecule has 0 radical (unpaired) electrons. The highest BCUT2D eigenvalue weighted by atomic mass is 79.9. The van der Waals surface area contributed by atoms with Gasteiger partial charge in [-0.1, -0.05) is 130 Å². The summed E-state index contributed by atoms with van der Waals surface area (Å²) in [6.07, 6.45) is 12.0. The molecule has 0 atom stereocenters. The van der Waals surface area contributed by atoms with Crippen molar-refractivity contribution in [3.63, 3.8) is 0 Å². The number of rotatable bonds is 16. The number of hydrogen-bond acceptors (Lipinski definition) is 4. The van der Waals surface area contributed by atoms with E-state index in [1.165, 1.54) is 50.3 Å². The third kappa shape index (κ3) is 36.4. The summed E-state index contributed by atoms with van der Waals surface area (Å²) >= 11 is 3.44. The van der Waals surface area contributed by atoms with Crippen LogP contribution in [0.4, 0.5) is 0 Å². The van der Waals surface area contributed by atoms with E-state index in [0.717, 1.165) is 43.6 Å². The number of carbonyl (C=O) groups is 1. The fraction of sp³-hybridized carbons (Fsp3) is 0.964. The van der Waals surface area contributed by atoms with Crippen molar-refractivity contribution in [1.29, 1.82) is 0 Å². The van der Waals surface area contributed by atoms with Gasteiger partial charge in [0.2, 0.25) is 0 Å². The molecule has 0 aromatic heterocycles. The number of halogens is 1. The van der Waals surface area contributed by atoms with Crippen LogP contribution in [0.3, 0.4) is 0 Å². The number of carboxylic acid groups (broad SMARTS) is 1. The lowest BCUT2D eigenvalue weighted by Gasteiger charge is -2.09. The van der Waals surface area contributed by atoms with Crippen molar-refractivity contribution in [3.05, 3.63) is 0 Å². The number of nitrogens with one attached hydrogen (secondary N) is 1. The molecule has 0 bridgehead atoms. The third-order valence-electron chi connectivity index (χ3n) is 6.53. The second-order valence-corrected chi connectivity index (χ2v) is 9.38. The van der Waals surface area contributed by atoms with Gasteiger partial charge in [0, 0.05) is 24.9 Å². The molecule has 0 saturated carbocycles. The quantitative estimate of drug-likeness (QED) is 0.0868. The number of nitrogens with two attached hydrogens (primary N) is 1. The van der Waals surface area contributed by atoms with Crippen molar-refractivity contribution >= 4 is 21.9 Å². The van der Waals surface area contributed by atoms with Crippen LogP contribution in [0.25, 0.3) is 0 Å². The van der Waals surface area contributed by atoms with Crippen LogP contribution in [-0.4, -0.2) is 34.7 Å². The van der Waals surface area contributed by atoms with E-state index >= 15 is 0 Å². The number of carboxylic acids is 1. The minimum absolute atomic E-state index is 0. The fourth-order valence-electron chi connectivity index (χ4n) is 3.20. The van der Waals surface area contributed by atoms with Crippen LogP contribution in [0, 0.1) is 23.7 Å². The van der Waals surface area contributed by atoms with E-state index in [0.29, 0.717) is 18.9 Å².